The van der Waals surface area contributed by atoms with Crippen LogP contribution < -0.4 is 18.9 Å². The molecule has 0 bridgehead atoms. The molecular weight excluding hydrogens is 504 g/mol. The maximum atomic E-state index is 13.5. The van der Waals surface area contributed by atoms with Gasteiger partial charge in [-0.25, -0.2) is 0 Å². The molecule has 2 saturated heterocycles. The molecule has 2 aliphatic rings. The van der Waals surface area contributed by atoms with Gasteiger partial charge in [0.1, 0.15) is 24.7 Å². The number of fused-ring (bicyclic) bond motifs is 1. The zero-order valence-corrected chi connectivity index (χ0v) is 22.6. The Hall–Kier alpha value is -3.42. The smallest absolute Gasteiger partial charge is 0.254 e. The van der Waals surface area contributed by atoms with E-state index in [4.69, 9.17) is 30.5 Å². The van der Waals surface area contributed by atoms with Crippen LogP contribution in [-0.4, -0.2) is 62.1 Å². The Morgan fingerprint density at radius 3 is 2.13 bits per heavy atom. The van der Waals surface area contributed by atoms with Gasteiger partial charge in [-0.05, 0) is 66.9 Å². The van der Waals surface area contributed by atoms with Crippen molar-refractivity contribution < 1.29 is 23.7 Å². The van der Waals surface area contributed by atoms with E-state index in [1.54, 1.807) is 26.4 Å². The molecule has 0 aliphatic carbocycles. The number of amides is 1. The van der Waals surface area contributed by atoms with Crippen molar-refractivity contribution in [2.75, 3.05) is 40.4 Å². The van der Waals surface area contributed by atoms with Crippen LogP contribution in [-0.2, 0) is 13.2 Å². The van der Waals surface area contributed by atoms with Gasteiger partial charge in [0, 0.05) is 31.2 Å². The first kappa shape index (κ1) is 26.2. The number of hydrogen-bond acceptors (Lipinski definition) is 6. The number of carbonyl (C=O) groups is 1. The third kappa shape index (κ3) is 6.00. The second-order valence-corrected chi connectivity index (χ2v) is 10.0. The van der Waals surface area contributed by atoms with E-state index in [1.807, 2.05) is 53.4 Å². The van der Waals surface area contributed by atoms with Crippen molar-refractivity contribution in [3.8, 4) is 23.0 Å². The van der Waals surface area contributed by atoms with Gasteiger partial charge < -0.3 is 23.8 Å². The highest BCUT2D eigenvalue weighted by Gasteiger charge is 2.33. The molecular formula is C30H33ClN2O5. The molecule has 0 radical (unpaired) electrons. The first-order chi connectivity index (χ1) is 18.5. The number of piperazine rings is 1. The van der Waals surface area contributed by atoms with Gasteiger partial charge in [0.05, 0.1) is 19.2 Å². The minimum Gasteiger partial charge on any atom is -0.497 e. The van der Waals surface area contributed by atoms with E-state index in [9.17, 15) is 4.79 Å². The molecule has 0 saturated carbocycles. The van der Waals surface area contributed by atoms with Crippen molar-refractivity contribution in [1.29, 1.82) is 0 Å². The summed E-state index contributed by atoms with van der Waals surface area (Å²) in [4.78, 5) is 17.9. The Balaban J connectivity index is 1.37. The lowest BCUT2D eigenvalue weighted by Gasteiger charge is -2.37. The molecule has 5 rings (SSSR count). The average molecular weight is 537 g/mol. The number of halogens is 1. The van der Waals surface area contributed by atoms with Crippen LogP contribution in [0.15, 0.2) is 60.7 Å². The Morgan fingerprint density at radius 2 is 1.50 bits per heavy atom. The standard InChI is InChI=1S/C30H33ClN2O5/c1-35-25-9-5-21(6-10-25)19-37-28-17-23(30(34)33-15-14-32-13-3-4-24(32)18-33)16-27(31)29(28)38-20-22-7-11-26(36-2)12-8-22/h5-12,16-17,24H,3-4,13-15,18-20H2,1-2H3/t24-/m0/s1. The summed E-state index contributed by atoms with van der Waals surface area (Å²) < 4.78 is 22.8. The van der Waals surface area contributed by atoms with Crippen LogP contribution in [0.2, 0.25) is 5.02 Å². The summed E-state index contributed by atoms with van der Waals surface area (Å²) in [5.74, 6) is 2.36. The molecule has 0 spiro atoms. The van der Waals surface area contributed by atoms with E-state index in [0.29, 0.717) is 41.3 Å². The second-order valence-electron chi connectivity index (χ2n) is 9.64. The summed E-state index contributed by atoms with van der Waals surface area (Å²) in [6.07, 6.45) is 2.33. The van der Waals surface area contributed by atoms with Crippen LogP contribution in [0, 0.1) is 0 Å². The topological polar surface area (TPSA) is 60.5 Å². The van der Waals surface area contributed by atoms with Crippen LogP contribution in [0.5, 0.6) is 23.0 Å². The van der Waals surface area contributed by atoms with Crippen molar-refractivity contribution in [2.24, 2.45) is 0 Å². The molecule has 7 nitrogen and oxygen atoms in total. The molecule has 200 valence electrons. The first-order valence-corrected chi connectivity index (χ1v) is 13.3. The van der Waals surface area contributed by atoms with Crippen molar-refractivity contribution in [3.63, 3.8) is 0 Å². The van der Waals surface area contributed by atoms with Gasteiger partial charge in [-0.3, -0.25) is 9.69 Å². The number of methoxy groups -OCH3 is 2. The van der Waals surface area contributed by atoms with Crippen LogP contribution in [0.1, 0.15) is 34.3 Å². The van der Waals surface area contributed by atoms with E-state index < -0.39 is 0 Å². The van der Waals surface area contributed by atoms with Crippen molar-refractivity contribution >= 4 is 17.5 Å². The summed E-state index contributed by atoms with van der Waals surface area (Å²) in [5, 5.41) is 0.341. The summed E-state index contributed by atoms with van der Waals surface area (Å²) in [6, 6.07) is 19.2. The van der Waals surface area contributed by atoms with Gasteiger partial charge in [0.25, 0.3) is 5.91 Å². The number of carbonyl (C=O) groups excluding carboxylic acids is 1. The van der Waals surface area contributed by atoms with Crippen LogP contribution in [0.25, 0.3) is 0 Å². The van der Waals surface area contributed by atoms with Crippen molar-refractivity contribution in [2.45, 2.75) is 32.1 Å². The fourth-order valence-corrected chi connectivity index (χ4v) is 5.32. The molecule has 1 atom stereocenters. The number of benzene rings is 3. The zero-order valence-electron chi connectivity index (χ0n) is 21.8. The summed E-state index contributed by atoms with van der Waals surface area (Å²) in [6.45, 7) is 4.08. The predicted octanol–water partition coefficient (Wildman–Crippen LogP) is 5.44. The van der Waals surface area contributed by atoms with E-state index >= 15 is 0 Å². The fraction of sp³-hybridized carbons (Fsp3) is 0.367. The van der Waals surface area contributed by atoms with E-state index in [2.05, 4.69) is 4.90 Å². The monoisotopic (exact) mass is 536 g/mol. The van der Waals surface area contributed by atoms with Gasteiger partial charge >= 0.3 is 0 Å². The summed E-state index contributed by atoms with van der Waals surface area (Å²) in [5.41, 5.74) is 2.41. The quantitative estimate of drug-likeness (QED) is 0.363. The molecule has 8 heteroatoms. The third-order valence-corrected chi connectivity index (χ3v) is 7.51. The molecule has 2 aliphatic heterocycles. The van der Waals surface area contributed by atoms with Crippen LogP contribution in [0.3, 0.4) is 0 Å². The van der Waals surface area contributed by atoms with E-state index in [-0.39, 0.29) is 12.5 Å². The minimum atomic E-state index is -0.0329. The molecule has 0 aromatic heterocycles. The number of rotatable bonds is 9. The molecule has 3 aromatic rings. The molecule has 38 heavy (non-hydrogen) atoms. The SMILES string of the molecule is COc1ccc(COc2cc(C(=O)N3CCN4CCC[C@H]4C3)cc(Cl)c2OCc2ccc(OC)cc2)cc1. The molecule has 2 heterocycles. The van der Waals surface area contributed by atoms with Gasteiger partial charge in [-0.1, -0.05) is 35.9 Å². The number of hydrogen-bond donors (Lipinski definition) is 0. The highest BCUT2D eigenvalue weighted by Crippen LogP contribution is 2.38. The molecule has 2 fully saturated rings. The highest BCUT2D eigenvalue weighted by molar-refractivity contribution is 6.32. The predicted molar refractivity (Wildman–Crippen MR) is 147 cm³/mol. The lowest BCUT2D eigenvalue weighted by molar-refractivity contribution is 0.0571. The Labute approximate surface area is 228 Å². The normalized spacial score (nSPS) is 17.1. The largest absolute Gasteiger partial charge is 0.497 e. The number of nitrogens with zero attached hydrogens (tertiary/aromatic N) is 2. The van der Waals surface area contributed by atoms with Crippen molar-refractivity contribution in [1.82, 2.24) is 9.80 Å². The number of ether oxygens (including phenoxy) is 4. The lowest BCUT2D eigenvalue weighted by Crippen LogP contribution is -2.52. The zero-order chi connectivity index (χ0) is 26.5. The van der Waals surface area contributed by atoms with Gasteiger partial charge in [0.2, 0.25) is 0 Å². The Morgan fingerprint density at radius 1 is 0.868 bits per heavy atom. The van der Waals surface area contributed by atoms with Crippen LogP contribution >= 0.6 is 11.6 Å². The highest BCUT2D eigenvalue weighted by atomic mass is 35.5. The van der Waals surface area contributed by atoms with Crippen LogP contribution in [0.4, 0.5) is 0 Å². The molecule has 0 unspecified atom stereocenters. The molecule has 1 amide bonds. The third-order valence-electron chi connectivity index (χ3n) is 7.23. The minimum absolute atomic E-state index is 0.0329. The summed E-state index contributed by atoms with van der Waals surface area (Å²) >= 11 is 6.72. The van der Waals surface area contributed by atoms with Gasteiger partial charge in [0.15, 0.2) is 11.5 Å². The summed E-state index contributed by atoms with van der Waals surface area (Å²) in [7, 11) is 3.27. The maximum Gasteiger partial charge on any atom is 0.254 e. The van der Waals surface area contributed by atoms with E-state index in [1.165, 1.54) is 6.42 Å². The van der Waals surface area contributed by atoms with Crippen molar-refractivity contribution in [3.05, 3.63) is 82.4 Å². The Kier molecular flexibility index (Phi) is 8.25. The lowest BCUT2D eigenvalue weighted by atomic mass is 10.1. The fourth-order valence-electron chi connectivity index (χ4n) is 5.06. The maximum absolute atomic E-state index is 13.5. The average Bonchev–Trinajstić information content (AvgIpc) is 3.43. The van der Waals surface area contributed by atoms with Gasteiger partial charge in [-0.15, -0.1) is 0 Å². The van der Waals surface area contributed by atoms with E-state index in [0.717, 1.165) is 48.7 Å². The molecule has 0 N–H and O–H groups in total. The second kappa shape index (κ2) is 12.0. The first-order valence-electron chi connectivity index (χ1n) is 12.9. The van der Waals surface area contributed by atoms with Gasteiger partial charge in [-0.2, -0.15) is 0 Å². The Bertz CT molecular complexity index is 1250. The molecule has 3 aromatic carbocycles.